The lowest BCUT2D eigenvalue weighted by atomic mass is 9.86. The zero-order valence-electron chi connectivity index (χ0n) is 17.3. The van der Waals surface area contributed by atoms with Crippen LogP contribution in [-0.4, -0.2) is 25.4 Å². The second-order valence-corrected chi connectivity index (χ2v) is 7.92. The Morgan fingerprint density at radius 1 is 1.10 bits per heavy atom. The summed E-state index contributed by atoms with van der Waals surface area (Å²) in [6.07, 6.45) is 13.4. The third kappa shape index (κ3) is 5.43. The first-order valence-corrected chi connectivity index (χ1v) is 10.7. The minimum absolute atomic E-state index is 0.0951. The predicted octanol–water partition coefficient (Wildman–Crippen LogP) is 5.01. The van der Waals surface area contributed by atoms with E-state index in [0.29, 0.717) is 18.1 Å². The molecule has 0 bridgehead atoms. The van der Waals surface area contributed by atoms with Crippen molar-refractivity contribution in [2.45, 2.75) is 51.9 Å². The molecular weight excluding hydrogens is 376 g/mol. The summed E-state index contributed by atoms with van der Waals surface area (Å²) in [5.74, 6) is 2.95. The highest BCUT2D eigenvalue weighted by Crippen LogP contribution is 2.27. The molecule has 3 aromatic rings. The Kier molecular flexibility index (Phi) is 6.37. The molecule has 2 N–H and O–H groups in total. The van der Waals surface area contributed by atoms with Gasteiger partial charge in [-0.25, -0.2) is 15.0 Å². The van der Waals surface area contributed by atoms with E-state index in [1.165, 1.54) is 32.1 Å². The van der Waals surface area contributed by atoms with Crippen molar-refractivity contribution < 1.29 is 4.79 Å². The van der Waals surface area contributed by atoms with Gasteiger partial charge in [0, 0.05) is 36.3 Å². The van der Waals surface area contributed by atoms with Crippen LogP contribution in [0, 0.1) is 12.8 Å². The minimum atomic E-state index is 0.0951. The van der Waals surface area contributed by atoms with Gasteiger partial charge in [-0.05, 0) is 43.5 Å². The average molecular weight is 405 g/mol. The van der Waals surface area contributed by atoms with E-state index in [9.17, 15) is 4.79 Å². The van der Waals surface area contributed by atoms with Crippen LogP contribution in [0.4, 0.5) is 17.2 Å². The van der Waals surface area contributed by atoms with Gasteiger partial charge in [0.15, 0.2) is 0 Å². The number of benzene rings is 1. The van der Waals surface area contributed by atoms with Gasteiger partial charge in [0.05, 0.1) is 0 Å². The van der Waals surface area contributed by atoms with Crippen LogP contribution in [0.5, 0.6) is 0 Å². The zero-order chi connectivity index (χ0) is 20.8. The summed E-state index contributed by atoms with van der Waals surface area (Å²) in [5, 5.41) is 6.30. The Bertz CT molecular complexity index is 962. The van der Waals surface area contributed by atoms with Crippen LogP contribution >= 0.6 is 0 Å². The van der Waals surface area contributed by atoms with Gasteiger partial charge in [-0.15, -0.1) is 0 Å². The summed E-state index contributed by atoms with van der Waals surface area (Å²) in [5.41, 5.74) is 1.71. The SMILES string of the molecule is Cc1nc(Nc2ccc(NC(=O)CCC3CCCCC3)cc2)cc(-n2ccnc2)n1. The van der Waals surface area contributed by atoms with E-state index < -0.39 is 0 Å². The molecule has 0 unspecified atom stereocenters. The lowest BCUT2D eigenvalue weighted by Crippen LogP contribution is -2.14. The summed E-state index contributed by atoms with van der Waals surface area (Å²) in [7, 11) is 0. The maximum absolute atomic E-state index is 12.3. The molecule has 1 amide bonds. The van der Waals surface area contributed by atoms with Crippen LogP contribution in [0.2, 0.25) is 0 Å². The number of aromatic nitrogens is 4. The molecule has 1 aliphatic rings. The Balaban J connectivity index is 1.33. The van der Waals surface area contributed by atoms with Crippen molar-refractivity contribution in [3.63, 3.8) is 0 Å². The fraction of sp³-hybridized carbons (Fsp3) is 0.391. The Morgan fingerprint density at radius 2 is 1.87 bits per heavy atom. The van der Waals surface area contributed by atoms with Crippen LogP contribution in [0.1, 0.15) is 50.8 Å². The molecule has 1 aliphatic carbocycles. The third-order valence-electron chi connectivity index (χ3n) is 5.54. The van der Waals surface area contributed by atoms with Gasteiger partial charge in [0.2, 0.25) is 5.91 Å². The van der Waals surface area contributed by atoms with Gasteiger partial charge >= 0.3 is 0 Å². The number of imidazole rings is 1. The van der Waals surface area contributed by atoms with E-state index in [1.54, 1.807) is 12.5 Å². The van der Waals surface area contributed by atoms with Gasteiger partial charge in [-0.1, -0.05) is 32.1 Å². The van der Waals surface area contributed by atoms with Gasteiger partial charge < -0.3 is 10.6 Å². The predicted molar refractivity (Wildman–Crippen MR) is 118 cm³/mol. The second-order valence-electron chi connectivity index (χ2n) is 7.92. The molecule has 4 rings (SSSR count). The maximum Gasteiger partial charge on any atom is 0.224 e. The fourth-order valence-corrected chi connectivity index (χ4v) is 3.96. The molecule has 0 spiro atoms. The van der Waals surface area contributed by atoms with E-state index in [4.69, 9.17) is 0 Å². The number of carbonyl (C=O) groups excluding carboxylic acids is 1. The highest BCUT2D eigenvalue weighted by atomic mass is 16.1. The quantitative estimate of drug-likeness (QED) is 0.578. The molecule has 2 aromatic heterocycles. The number of hydrogen-bond donors (Lipinski definition) is 2. The summed E-state index contributed by atoms with van der Waals surface area (Å²) in [6, 6.07) is 9.56. The van der Waals surface area contributed by atoms with Gasteiger partial charge in [0.1, 0.15) is 23.8 Å². The molecule has 1 saturated carbocycles. The number of nitrogens with zero attached hydrogens (tertiary/aromatic N) is 4. The van der Waals surface area contributed by atoms with E-state index in [0.717, 1.165) is 29.5 Å². The molecule has 0 aliphatic heterocycles. The summed E-state index contributed by atoms with van der Waals surface area (Å²) in [6.45, 7) is 1.86. The van der Waals surface area contributed by atoms with Crippen molar-refractivity contribution in [3.05, 3.63) is 54.9 Å². The number of rotatable bonds is 7. The molecule has 7 heteroatoms. The van der Waals surface area contributed by atoms with Crippen LogP contribution in [0.3, 0.4) is 0 Å². The number of nitrogens with one attached hydrogen (secondary N) is 2. The van der Waals surface area contributed by atoms with Gasteiger partial charge in [0.25, 0.3) is 0 Å². The van der Waals surface area contributed by atoms with E-state index in [2.05, 4.69) is 25.6 Å². The van der Waals surface area contributed by atoms with E-state index in [1.807, 2.05) is 48.0 Å². The second kappa shape index (κ2) is 9.52. The molecule has 2 heterocycles. The first-order valence-electron chi connectivity index (χ1n) is 10.7. The first-order chi connectivity index (χ1) is 14.7. The smallest absolute Gasteiger partial charge is 0.224 e. The Hall–Kier alpha value is -3.22. The fourth-order valence-electron chi connectivity index (χ4n) is 3.96. The number of aryl methyl sites for hydroxylation is 1. The lowest BCUT2D eigenvalue weighted by Gasteiger charge is -2.21. The molecule has 1 aromatic carbocycles. The van der Waals surface area contributed by atoms with E-state index in [-0.39, 0.29) is 5.91 Å². The molecular formula is C23H28N6O. The molecule has 0 saturated heterocycles. The number of amides is 1. The van der Waals surface area contributed by atoms with Crippen LogP contribution in [0.15, 0.2) is 49.1 Å². The van der Waals surface area contributed by atoms with E-state index >= 15 is 0 Å². The summed E-state index contributed by atoms with van der Waals surface area (Å²) in [4.78, 5) is 25.2. The largest absolute Gasteiger partial charge is 0.340 e. The third-order valence-corrected chi connectivity index (χ3v) is 5.54. The van der Waals surface area contributed by atoms with Crippen molar-refractivity contribution in [1.82, 2.24) is 19.5 Å². The standard InChI is InChI=1S/C23H28N6O/c1-17-25-21(15-22(26-17)29-14-13-24-16-29)27-19-8-10-20(11-9-19)28-23(30)12-7-18-5-3-2-4-6-18/h8-11,13-16,18H,2-7,12H2,1H3,(H,28,30)(H,25,26,27). The normalized spacial score (nSPS) is 14.4. The Morgan fingerprint density at radius 3 is 2.60 bits per heavy atom. The molecule has 0 radical (unpaired) electrons. The number of anilines is 3. The number of hydrogen-bond acceptors (Lipinski definition) is 5. The van der Waals surface area contributed by atoms with Gasteiger partial charge in [-0.2, -0.15) is 0 Å². The van der Waals surface area contributed by atoms with Crippen molar-refractivity contribution in [2.24, 2.45) is 5.92 Å². The number of carbonyl (C=O) groups is 1. The topological polar surface area (TPSA) is 84.7 Å². The molecule has 30 heavy (non-hydrogen) atoms. The van der Waals surface area contributed by atoms with Crippen LogP contribution in [0.25, 0.3) is 5.82 Å². The minimum Gasteiger partial charge on any atom is -0.340 e. The van der Waals surface area contributed by atoms with Crippen molar-refractivity contribution in [2.75, 3.05) is 10.6 Å². The average Bonchev–Trinajstić information content (AvgIpc) is 3.29. The zero-order valence-corrected chi connectivity index (χ0v) is 17.3. The highest BCUT2D eigenvalue weighted by Gasteiger charge is 2.15. The van der Waals surface area contributed by atoms with Crippen LogP contribution in [-0.2, 0) is 4.79 Å². The molecule has 7 nitrogen and oxygen atoms in total. The monoisotopic (exact) mass is 404 g/mol. The van der Waals surface area contributed by atoms with Gasteiger partial charge in [-0.3, -0.25) is 9.36 Å². The summed E-state index contributed by atoms with van der Waals surface area (Å²) < 4.78 is 1.84. The van der Waals surface area contributed by atoms with Crippen molar-refractivity contribution in [1.29, 1.82) is 0 Å². The van der Waals surface area contributed by atoms with Crippen molar-refractivity contribution >= 4 is 23.1 Å². The van der Waals surface area contributed by atoms with Crippen molar-refractivity contribution in [3.8, 4) is 5.82 Å². The van der Waals surface area contributed by atoms with Crippen LogP contribution < -0.4 is 10.6 Å². The maximum atomic E-state index is 12.3. The Labute approximate surface area is 177 Å². The molecule has 0 atom stereocenters. The lowest BCUT2D eigenvalue weighted by molar-refractivity contribution is -0.116. The molecule has 1 fully saturated rings. The first kappa shape index (κ1) is 20.1. The molecule has 156 valence electrons. The summed E-state index contributed by atoms with van der Waals surface area (Å²) >= 11 is 0. The highest BCUT2D eigenvalue weighted by molar-refractivity contribution is 5.90.